The van der Waals surface area contributed by atoms with Gasteiger partial charge in [0.2, 0.25) is 6.43 Å². The van der Waals surface area contributed by atoms with Gasteiger partial charge in [-0.25, -0.2) is 8.78 Å². The van der Waals surface area contributed by atoms with E-state index in [2.05, 4.69) is 0 Å². The fourth-order valence-corrected chi connectivity index (χ4v) is 1.52. The van der Waals surface area contributed by atoms with E-state index in [0.717, 1.165) is 0 Å². The van der Waals surface area contributed by atoms with E-state index in [9.17, 15) is 8.78 Å². The molecule has 0 fully saturated rings. The number of alkyl halides is 2. The minimum atomic E-state index is -2.41. The largest absolute Gasteiger partial charge is 0.493 e. The first-order valence-electron chi connectivity index (χ1n) is 5.43. The highest BCUT2D eigenvalue weighted by Gasteiger charge is 2.15. The quantitative estimate of drug-likeness (QED) is 0.871. The van der Waals surface area contributed by atoms with Crippen molar-refractivity contribution < 1.29 is 18.3 Å². The van der Waals surface area contributed by atoms with Crippen molar-refractivity contribution in [3.63, 3.8) is 0 Å². The van der Waals surface area contributed by atoms with Gasteiger partial charge in [0.05, 0.1) is 13.7 Å². The molecule has 18 heavy (non-hydrogen) atoms. The summed E-state index contributed by atoms with van der Waals surface area (Å²) in [5.41, 5.74) is 6.30. The van der Waals surface area contributed by atoms with Crippen LogP contribution >= 0.6 is 12.4 Å². The van der Waals surface area contributed by atoms with Crippen LogP contribution in [-0.4, -0.2) is 20.1 Å². The van der Waals surface area contributed by atoms with Crippen molar-refractivity contribution in [1.82, 2.24) is 0 Å². The molecule has 0 aliphatic carbocycles. The number of ether oxygens (including phenoxy) is 2. The van der Waals surface area contributed by atoms with E-state index in [0.29, 0.717) is 23.7 Å². The summed E-state index contributed by atoms with van der Waals surface area (Å²) in [4.78, 5) is 0. The van der Waals surface area contributed by atoms with Gasteiger partial charge in [0, 0.05) is 12.5 Å². The van der Waals surface area contributed by atoms with E-state index < -0.39 is 12.5 Å². The van der Waals surface area contributed by atoms with E-state index in [1.54, 1.807) is 18.2 Å². The summed E-state index contributed by atoms with van der Waals surface area (Å²) in [6, 6.07) is 4.30. The minimum Gasteiger partial charge on any atom is -0.493 e. The van der Waals surface area contributed by atoms with Gasteiger partial charge in [0.1, 0.15) is 0 Å². The molecule has 1 rings (SSSR count). The SMILES string of the molecule is CCOc1cc([C@H](N)CC(F)F)ccc1OC.Cl. The Hall–Kier alpha value is -1.07. The Balaban J connectivity index is 0.00000289. The van der Waals surface area contributed by atoms with Crippen LogP contribution in [0.15, 0.2) is 18.2 Å². The molecular formula is C12H18ClF2NO2. The van der Waals surface area contributed by atoms with Gasteiger partial charge in [-0.15, -0.1) is 12.4 Å². The van der Waals surface area contributed by atoms with Crippen molar-refractivity contribution in [2.75, 3.05) is 13.7 Å². The number of nitrogens with two attached hydrogens (primary N) is 1. The first-order valence-corrected chi connectivity index (χ1v) is 5.43. The average Bonchev–Trinajstić information content (AvgIpc) is 2.28. The molecule has 0 saturated carbocycles. The molecule has 0 aliphatic rings. The van der Waals surface area contributed by atoms with Crippen LogP contribution in [0.2, 0.25) is 0 Å². The van der Waals surface area contributed by atoms with Gasteiger partial charge in [-0.3, -0.25) is 0 Å². The van der Waals surface area contributed by atoms with Crippen molar-refractivity contribution in [3.05, 3.63) is 23.8 Å². The van der Waals surface area contributed by atoms with Gasteiger partial charge in [0.25, 0.3) is 0 Å². The molecular weight excluding hydrogens is 264 g/mol. The van der Waals surface area contributed by atoms with Crippen molar-refractivity contribution in [1.29, 1.82) is 0 Å². The minimum absolute atomic E-state index is 0. The summed E-state index contributed by atoms with van der Waals surface area (Å²) >= 11 is 0. The topological polar surface area (TPSA) is 44.5 Å². The number of hydrogen-bond donors (Lipinski definition) is 1. The lowest BCUT2D eigenvalue weighted by molar-refractivity contribution is 0.128. The Bertz CT molecular complexity index is 364. The second-order valence-corrected chi connectivity index (χ2v) is 3.58. The average molecular weight is 282 g/mol. The van der Waals surface area contributed by atoms with Crippen LogP contribution in [0.25, 0.3) is 0 Å². The highest BCUT2D eigenvalue weighted by molar-refractivity contribution is 5.85. The maximum absolute atomic E-state index is 12.2. The summed E-state index contributed by atoms with van der Waals surface area (Å²) in [6.07, 6.45) is -2.78. The van der Waals surface area contributed by atoms with E-state index in [1.807, 2.05) is 6.92 Å². The van der Waals surface area contributed by atoms with Gasteiger partial charge in [-0.05, 0) is 24.6 Å². The summed E-state index contributed by atoms with van der Waals surface area (Å²) in [6.45, 7) is 2.31. The molecule has 0 unspecified atom stereocenters. The first kappa shape index (κ1) is 16.9. The normalized spacial score (nSPS) is 11.9. The first-order chi connectivity index (χ1) is 8.08. The molecule has 2 N–H and O–H groups in total. The number of rotatable bonds is 6. The molecule has 6 heteroatoms. The zero-order valence-electron chi connectivity index (χ0n) is 10.4. The van der Waals surface area contributed by atoms with Crippen molar-refractivity contribution in [3.8, 4) is 11.5 Å². The smallest absolute Gasteiger partial charge is 0.240 e. The molecule has 104 valence electrons. The van der Waals surface area contributed by atoms with Crippen LogP contribution in [0, 0.1) is 0 Å². The second kappa shape index (κ2) is 8.11. The van der Waals surface area contributed by atoms with Gasteiger partial charge >= 0.3 is 0 Å². The fraction of sp³-hybridized carbons (Fsp3) is 0.500. The molecule has 0 aromatic heterocycles. The Labute approximate surface area is 112 Å². The highest BCUT2D eigenvalue weighted by atomic mass is 35.5. The molecule has 0 amide bonds. The molecule has 0 spiro atoms. The lowest BCUT2D eigenvalue weighted by Gasteiger charge is -2.15. The van der Waals surface area contributed by atoms with Crippen LogP contribution in [0.3, 0.4) is 0 Å². The number of hydrogen-bond acceptors (Lipinski definition) is 3. The van der Waals surface area contributed by atoms with Crippen LogP contribution in [0.4, 0.5) is 8.78 Å². The summed E-state index contributed by atoms with van der Waals surface area (Å²) < 4.78 is 34.9. The number of halogens is 3. The molecule has 0 heterocycles. The number of methoxy groups -OCH3 is 1. The summed E-state index contributed by atoms with van der Waals surface area (Å²) in [5.74, 6) is 1.09. The third-order valence-corrected chi connectivity index (χ3v) is 2.35. The zero-order valence-corrected chi connectivity index (χ0v) is 11.2. The van der Waals surface area contributed by atoms with Crippen LogP contribution in [0.1, 0.15) is 24.9 Å². The Morgan fingerprint density at radius 2 is 1.94 bits per heavy atom. The molecule has 3 nitrogen and oxygen atoms in total. The maximum Gasteiger partial charge on any atom is 0.240 e. The van der Waals surface area contributed by atoms with Crippen LogP contribution in [-0.2, 0) is 0 Å². The summed E-state index contributed by atoms with van der Waals surface area (Å²) in [7, 11) is 1.52. The van der Waals surface area contributed by atoms with Gasteiger partial charge in [0.15, 0.2) is 11.5 Å². The van der Waals surface area contributed by atoms with E-state index in [4.69, 9.17) is 15.2 Å². The van der Waals surface area contributed by atoms with Crippen LogP contribution < -0.4 is 15.2 Å². The molecule has 0 bridgehead atoms. The monoisotopic (exact) mass is 281 g/mol. The predicted molar refractivity (Wildman–Crippen MR) is 69.0 cm³/mol. The second-order valence-electron chi connectivity index (χ2n) is 3.58. The third kappa shape index (κ3) is 4.66. The Morgan fingerprint density at radius 1 is 1.28 bits per heavy atom. The third-order valence-electron chi connectivity index (χ3n) is 2.35. The molecule has 1 aromatic carbocycles. The predicted octanol–water partition coefficient (Wildman–Crippen LogP) is 3.17. The molecule has 0 radical (unpaired) electrons. The molecule has 0 aliphatic heterocycles. The van der Waals surface area contributed by atoms with Crippen molar-refractivity contribution in [2.45, 2.75) is 25.8 Å². The van der Waals surface area contributed by atoms with Gasteiger partial charge in [-0.2, -0.15) is 0 Å². The van der Waals surface area contributed by atoms with Gasteiger partial charge < -0.3 is 15.2 Å². The molecule has 1 atom stereocenters. The number of benzene rings is 1. The van der Waals surface area contributed by atoms with E-state index in [-0.39, 0.29) is 18.8 Å². The van der Waals surface area contributed by atoms with Crippen molar-refractivity contribution in [2.24, 2.45) is 5.73 Å². The lowest BCUT2D eigenvalue weighted by atomic mass is 10.0. The van der Waals surface area contributed by atoms with Crippen LogP contribution in [0.5, 0.6) is 11.5 Å². The standard InChI is InChI=1S/C12H17F2NO2.ClH/c1-3-17-11-6-8(4-5-10(11)16-2)9(15)7-12(13)14;/h4-6,9,12H,3,7,15H2,1-2H3;1H/t9-;/m1./s1. The highest BCUT2D eigenvalue weighted by Crippen LogP contribution is 2.31. The van der Waals surface area contributed by atoms with E-state index >= 15 is 0 Å². The summed E-state index contributed by atoms with van der Waals surface area (Å²) in [5, 5.41) is 0. The van der Waals surface area contributed by atoms with Crippen molar-refractivity contribution >= 4 is 12.4 Å². The zero-order chi connectivity index (χ0) is 12.8. The maximum atomic E-state index is 12.2. The Morgan fingerprint density at radius 3 is 2.44 bits per heavy atom. The Kier molecular flexibility index (Phi) is 7.62. The fourth-order valence-electron chi connectivity index (χ4n) is 1.52. The van der Waals surface area contributed by atoms with E-state index in [1.165, 1.54) is 7.11 Å². The molecule has 1 aromatic rings. The van der Waals surface area contributed by atoms with Gasteiger partial charge in [-0.1, -0.05) is 6.07 Å². The molecule has 0 saturated heterocycles. The lowest BCUT2D eigenvalue weighted by Crippen LogP contribution is -2.14.